The topological polar surface area (TPSA) is 55.4 Å². The van der Waals surface area contributed by atoms with Crippen LogP contribution in [0.4, 0.5) is 5.69 Å². The molecule has 3 aromatic carbocycles. The third-order valence-corrected chi connectivity index (χ3v) is 4.61. The van der Waals surface area contributed by atoms with Crippen molar-refractivity contribution in [2.45, 2.75) is 26.2 Å². The molecule has 0 aliphatic heterocycles. The van der Waals surface area contributed by atoms with Crippen molar-refractivity contribution < 1.29 is 14.3 Å². The summed E-state index contributed by atoms with van der Waals surface area (Å²) >= 11 is 0. The van der Waals surface area contributed by atoms with E-state index in [2.05, 4.69) is 17.4 Å². The van der Waals surface area contributed by atoms with Crippen LogP contribution in [0.25, 0.3) is 0 Å². The van der Waals surface area contributed by atoms with Crippen molar-refractivity contribution in [2.75, 3.05) is 11.9 Å². The molecule has 0 heterocycles. The van der Waals surface area contributed by atoms with Crippen LogP contribution in [-0.2, 0) is 11.2 Å². The SMILES string of the molecule is CC(=O)c1ccc(OCCCC(=O)Nc2ccccc2Cc2ccccc2)cc1. The zero-order chi connectivity index (χ0) is 20.5. The maximum absolute atomic E-state index is 12.3. The minimum atomic E-state index is -0.0268. The van der Waals surface area contributed by atoms with E-state index in [0.717, 1.165) is 17.7 Å². The summed E-state index contributed by atoms with van der Waals surface area (Å²) < 4.78 is 5.65. The molecule has 0 unspecified atom stereocenters. The lowest BCUT2D eigenvalue weighted by molar-refractivity contribution is -0.116. The smallest absolute Gasteiger partial charge is 0.224 e. The van der Waals surface area contributed by atoms with E-state index >= 15 is 0 Å². The first kappa shape index (κ1) is 20.3. The van der Waals surface area contributed by atoms with Crippen LogP contribution in [0.2, 0.25) is 0 Å². The summed E-state index contributed by atoms with van der Waals surface area (Å²) in [6, 6.07) is 25.1. The molecule has 4 heteroatoms. The normalized spacial score (nSPS) is 10.4. The van der Waals surface area contributed by atoms with Gasteiger partial charge in [-0.2, -0.15) is 0 Å². The molecule has 0 aliphatic carbocycles. The number of benzene rings is 3. The van der Waals surface area contributed by atoms with E-state index in [1.165, 1.54) is 12.5 Å². The van der Waals surface area contributed by atoms with Gasteiger partial charge in [0.05, 0.1) is 6.61 Å². The molecule has 0 saturated carbocycles. The Morgan fingerprint density at radius 1 is 0.862 bits per heavy atom. The van der Waals surface area contributed by atoms with Gasteiger partial charge in [0.2, 0.25) is 5.91 Å². The third kappa shape index (κ3) is 6.32. The maximum Gasteiger partial charge on any atom is 0.224 e. The molecule has 0 bridgehead atoms. The molecule has 1 amide bonds. The van der Waals surface area contributed by atoms with Crippen LogP contribution in [0.3, 0.4) is 0 Å². The number of ether oxygens (including phenoxy) is 1. The molecular formula is C25H25NO3. The Kier molecular flexibility index (Phi) is 7.17. The quantitative estimate of drug-likeness (QED) is 0.402. The van der Waals surface area contributed by atoms with Crippen LogP contribution in [0.5, 0.6) is 5.75 Å². The van der Waals surface area contributed by atoms with E-state index < -0.39 is 0 Å². The second-order valence-electron chi connectivity index (χ2n) is 6.90. The zero-order valence-corrected chi connectivity index (χ0v) is 16.6. The maximum atomic E-state index is 12.3. The average molecular weight is 387 g/mol. The fourth-order valence-electron chi connectivity index (χ4n) is 3.03. The van der Waals surface area contributed by atoms with Crippen molar-refractivity contribution in [2.24, 2.45) is 0 Å². The first-order valence-electron chi connectivity index (χ1n) is 9.77. The zero-order valence-electron chi connectivity index (χ0n) is 16.6. The molecular weight excluding hydrogens is 362 g/mol. The molecule has 0 fully saturated rings. The Morgan fingerprint density at radius 2 is 1.55 bits per heavy atom. The van der Waals surface area contributed by atoms with Crippen molar-refractivity contribution in [3.05, 3.63) is 95.6 Å². The van der Waals surface area contributed by atoms with Gasteiger partial charge in [0.1, 0.15) is 5.75 Å². The summed E-state index contributed by atoms with van der Waals surface area (Å²) in [6.07, 6.45) is 1.77. The number of amides is 1. The number of nitrogens with one attached hydrogen (secondary N) is 1. The lowest BCUT2D eigenvalue weighted by Gasteiger charge is -2.12. The van der Waals surface area contributed by atoms with Gasteiger partial charge in [0, 0.05) is 17.7 Å². The van der Waals surface area contributed by atoms with E-state index in [4.69, 9.17) is 4.74 Å². The fourth-order valence-corrected chi connectivity index (χ4v) is 3.03. The Balaban J connectivity index is 1.47. The fraction of sp³-hybridized carbons (Fsp3) is 0.200. The number of hydrogen-bond acceptors (Lipinski definition) is 3. The first-order chi connectivity index (χ1) is 14.1. The monoisotopic (exact) mass is 387 g/mol. The summed E-state index contributed by atoms with van der Waals surface area (Å²) in [7, 11) is 0. The van der Waals surface area contributed by atoms with Crippen molar-refractivity contribution in [3.63, 3.8) is 0 Å². The van der Waals surface area contributed by atoms with Gasteiger partial charge in [-0.15, -0.1) is 0 Å². The highest BCUT2D eigenvalue weighted by molar-refractivity contribution is 5.94. The standard InChI is InChI=1S/C25H25NO3/c1-19(27)21-13-15-23(16-14-21)29-17-7-12-25(28)26-24-11-6-5-10-22(24)18-20-8-3-2-4-9-20/h2-6,8-11,13-16H,7,12,17-18H2,1H3,(H,26,28). The van der Waals surface area contributed by atoms with Crippen LogP contribution in [-0.4, -0.2) is 18.3 Å². The number of anilines is 1. The molecule has 0 aromatic heterocycles. The van der Waals surface area contributed by atoms with E-state index in [9.17, 15) is 9.59 Å². The van der Waals surface area contributed by atoms with Crippen molar-refractivity contribution in [1.29, 1.82) is 0 Å². The number of hydrogen-bond donors (Lipinski definition) is 1. The average Bonchev–Trinajstić information content (AvgIpc) is 2.74. The second kappa shape index (κ2) is 10.2. The summed E-state index contributed by atoms with van der Waals surface area (Å²) in [5, 5.41) is 3.02. The van der Waals surface area contributed by atoms with Crippen molar-refractivity contribution in [3.8, 4) is 5.75 Å². The van der Waals surface area contributed by atoms with Crippen molar-refractivity contribution in [1.82, 2.24) is 0 Å². The number of para-hydroxylation sites is 1. The highest BCUT2D eigenvalue weighted by Crippen LogP contribution is 2.19. The summed E-state index contributed by atoms with van der Waals surface area (Å²) in [6.45, 7) is 1.98. The van der Waals surface area contributed by atoms with Crippen LogP contribution in [0.15, 0.2) is 78.9 Å². The Hall–Kier alpha value is -3.40. The van der Waals surface area contributed by atoms with E-state index in [0.29, 0.717) is 30.8 Å². The first-order valence-corrected chi connectivity index (χ1v) is 9.77. The van der Waals surface area contributed by atoms with Crippen LogP contribution >= 0.6 is 0 Å². The van der Waals surface area contributed by atoms with Crippen LogP contribution < -0.4 is 10.1 Å². The molecule has 29 heavy (non-hydrogen) atoms. The highest BCUT2D eigenvalue weighted by atomic mass is 16.5. The lowest BCUT2D eigenvalue weighted by atomic mass is 10.0. The van der Waals surface area contributed by atoms with Gasteiger partial charge >= 0.3 is 0 Å². The molecule has 3 aromatic rings. The van der Waals surface area contributed by atoms with Gasteiger partial charge in [0.15, 0.2) is 5.78 Å². The Bertz CT molecular complexity index is 949. The summed E-state index contributed by atoms with van der Waals surface area (Å²) in [5.74, 6) is 0.699. The minimum absolute atomic E-state index is 0.0268. The molecule has 0 aliphatic rings. The van der Waals surface area contributed by atoms with Gasteiger partial charge in [-0.1, -0.05) is 48.5 Å². The van der Waals surface area contributed by atoms with E-state index in [1.807, 2.05) is 42.5 Å². The van der Waals surface area contributed by atoms with Crippen LogP contribution in [0.1, 0.15) is 41.3 Å². The number of rotatable bonds is 9. The molecule has 0 saturated heterocycles. The second-order valence-corrected chi connectivity index (χ2v) is 6.90. The van der Waals surface area contributed by atoms with Gasteiger partial charge in [-0.3, -0.25) is 9.59 Å². The molecule has 0 spiro atoms. The highest BCUT2D eigenvalue weighted by Gasteiger charge is 2.08. The molecule has 3 rings (SSSR count). The van der Waals surface area contributed by atoms with Crippen LogP contribution in [0, 0.1) is 0 Å². The Labute approximate surface area is 171 Å². The minimum Gasteiger partial charge on any atom is -0.494 e. The molecule has 1 N–H and O–H groups in total. The molecule has 0 atom stereocenters. The predicted octanol–water partition coefficient (Wildman–Crippen LogP) is 5.28. The van der Waals surface area contributed by atoms with Gasteiger partial charge in [-0.25, -0.2) is 0 Å². The van der Waals surface area contributed by atoms with Gasteiger partial charge in [-0.05, 0) is 61.2 Å². The number of carbonyl (C=O) groups is 2. The van der Waals surface area contributed by atoms with E-state index in [1.54, 1.807) is 24.3 Å². The summed E-state index contributed by atoms with van der Waals surface area (Å²) in [4.78, 5) is 23.6. The number of ketones is 1. The molecule has 148 valence electrons. The summed E-state index contributed by atoms with van der Waals surface area (Å²) in [5.41, 5.74) is 3.81. The van der Waals surface area contributed by atoms with Gasteiger partial charge < -0.3 is 10.1 Å². The van der Waals surface area contributed by atoms with Gasteiger partial charge in [0.25, 0.3) is 0 Å². The predicted molar refractivity (Wildman–Crippen MR) is 115 cm³/mol. The molecule has 0 radical (unpaired) electrons. The Morgan fingerprint density at radius 3 is 2.28 bits per heavy atom. The lowest BCUT2D eigenvalue weighted by Crippen LogP contribution is -2.14. The largest absolute Gasteiger partial charge is 0.494 e. The van der Waals surface area contributed by atoms with E-state index in [-0.39, 0.29) is 11.7 Å². The third-order valence-electron chi connectivity index (χ3n) is 4.61. The van der Waals surface area contributed by atoms with Crippen molar-refractivity contribution >= 4 is 17.4 Å². The number of Topliss-reactive ketones (excluding diaryl/α,β-unsaturated/α-hetero) is 1. The number of carbonyl (C=O) groups excluding carboxylic acids is 2. The molecule has 4 nitrogen and oxygen atoms in total.